The third kappa shape index (κ3) is 1.82. The largest absolute Gasteiger partial charge is 0.477 e. The van der Waals surface area contributed by atoms with E-state index in [9.17, 15) is 4.79 Å². The fraction of sp³-hybridized carbons (Fsp3) is 0.167. The van der Waals surface area contributed by atoms with Crippen LogP contribution in [0.3, 0.4) is 0 Å². The summed E-state index contributed by atoms with van der Waals surface area (Å²) >= 11 is 0. The highest BCUT2D eigenvalue weighted by molar-refractivity contribution is 5.98. The van der Waals surface area contributed by atoms with E-state index in [2.05, 4.69) is 10.3 Å². The van der Waals surface area contributed by atoms with Gasteiger partial charge in [0.15, 0.2) is 5.57 Å². The lowest BCUT2D eigenvalue weighted by molar-refractivity contribution is -0.132. The van der Waals surface area contributed by atoms with Gasteiger partial charge in [-0.25, -0.2) is 9.48 Å². The Kier molecular flexibility index (Phi) is 3.06. The van der Waals surface area contributed by atoms with Crippen molar-refractivity contribution in [2.24, 2.45) is 0 Å². The minimum Gasteiger partial charge on any atom is -0.477 e. The molecule has 0 amide bonds. The lowest BCUT2D eigenvalue weighted by Gasteiger charge is -2.06. The SMILES string of the molecule is CCC(=C(C#N)C(=O)O)n1nnc2ccccc21. The van der Waals surface area contributed by atoms with E-state index in [-0.39, 0.29) is 5.57 Å². The van der Waals surface area contributed by atoms with Crippen LogP contribution in [-0.2, 0) is 4.79 Å². The minimum absolute atomic E-state index is 0.312. The minimum atomic E-state index is -1.26. The summed E-state index contributed by atoms with van der Waals surface area (Å²) in [6.07, 6.45) is 0.378. The van der Waals surface area contributed by atoms with E-state index >= 15 is 0 Å². The highest BCUT2D eigenvalue weighted by Gasteiger charge is 2.17. The number of hydrogen-bond donors (Lipinski definition) is 1. The van der Waals surface area contributed by atoms with Crippen molar-refractivity contribution < 1.29 is 9.90 Å². The number of hydrogen-bond acceptors (Lipinski definition) is 4. The number of nitrogens with zero attached hydrogens (tertiary/aromatic N) is 4. The molecular weight excluding hydrogens is 232 g/mol. The highest BCUT2D eigenvalue weighted by Crippen LogP contribution is 2.20. The Morgan fingerprint density at radius 2 is 2.22 bits per heavy atom. The Hall–Kier alpha value is -2.68. The number of carboxylic acids is 1. The molecular formula is C12H10N4O2. The molecule has 2 rings (SSSR count). The molecule has 6 nitrogen and oxygen atoms in total. The summed E-state index contributed by atoms with van der Waals surface area (Å²) in [6.45, 7) is 1.77. The zero-order chi connectivity index (χ0) is 13.1. The van der Waals surface area contributed by atoms with Gasteiger partial charge < -0.3 is 5.11 Å². The summed E-state index contributed by atoms with van der Waals surface area (Å²) in [4.78, 5) is 11.0. The van der Waals surface area contributed by atoms with Crippen LogP contribution in [0.25, 0.3) is 16.7 Å². The first-order valence-electron chi connectivity index (χ1n) is 5.36. The van der Waals surface area contributed by atoms with Crippen molar-refractivity contribution in [3.63, 3.8) is 0 Å². The molecule has 0 saturated heterocycles. The van der Waals surface area contributed by atoms with E-state index in [0.717, 1.165) is 0 Å². The van der Waals surface area contributed by atoms with E-state index in [1.807, 2.05) is 12.1 Å². The Morgan fingerprint density at radius 3 is 2.83 bits per heavy atom. The summed E-state index contributed by atoms with van der Waals surface area (Å²) in [6, 6.07) is 8.88. The van der Waals surface area contributed by atoms with Gasteiger partial charge in [-0.05, 0) is 18.6 Å². The maximum absolute atomic E-state index is 11.0. The molecule has 0 aliphatic rings. The topological polar surface area (TPSA) is 91.8 Å². The zero-order valence-electron chi connectivity index (χ0n) is 9.66. The van der Waals surface area contributed by atoms with Crippen LogP contribution in [0, 0.1) is 11.3 Å². The number of carbonyl (C=O) groups is 1. The molecule has 2 aromatic rings. The van der Waals surface area contributed by atoms with Crippen LogP contribution in [0.1, 0.15) is 13.3 Å². The summed E-state index contributed by atoms with van der Waals surface area (Å²) in [5, 5.41) is 25.8. The monoisotopic (exact) mass is 242 g/mol. The zero-order valence-corrected chi connectivity index (χ0v) is 9.66. The van der Waals surface area contributed by atoms with Gasteiger partial charge in [-0.2, -0.15) is 5.26 Å². The van der Waals surface area contributed by atoms with Gasteiger partial charge in [0.2, 0.25) is 0 Å². The molecule has 1 heterocycles. The molecule has 0 fully saturated rings. The molecule has 0 saturated carbocycles. The van der Waals surface area contributed by atoms with Crippen LogP contribution in [0.5, 0.6) is 0 Å². The average molecular weight is 242 g/mol. The van der Waals surface area contributed by atoms with Gasteiger partial charge in [-0.3, -0.25) is 0 Å². The molecule has 0 radical (unpaired) electrons. The summed E-state index contributed by atoms with van der Waals surface area (Å²) in [5.74, 6) is -1.26. The molecule has 0 aliphatic carbocycles. The van der Waals surface area contributed by atoms with Crippen LogP contribution < -0.4 is 0 Å². The molecule has 1 aromatic carbocycles. The normalized spacial score (nSPS) is 12.0. The van der Waals surface area contributed by atoms with Crippen molar-refractivity contribution in [2.75, 3.05) is 0 Å². The first-order chi connectivity index (χ1) is 8.69. The second-order valence-electron chi connectivity index (χ2n) is 3.58. The highest BCUT2D eigenvalue weighted by atomic mass is 16.4. The van der Waals surface area contributed by atoms with Gasteiger partial charge in [0.05, 0.1) is 11.2 Å². The van der Waals surface area contributed by atoms with Gasteiger partial charge in [-0.15, -0.1) is 5.10 Å². The molecule has 0 spiro atoms. The quantitative estimate of drug-likeness (QED) is 0.652. The van der Waals surface area contributed by atoms with E-state index in [4.69, 9.17) is 10.4 Å². The Bertz CT molecular complexity index is 679. The number of benzene rings is 1. The number of allylic oxidation sites excluding steroid dienone is 1. The van der Waals surface area contributed by atoms with E-state index < -0.39 is 5.97 Å². The van der Waals surface area contributed by atoms with Crippen molar-refractivity contribution in [1.82, 2.24) is 15.0 Å². The number of fused-ring (bicyclic) bond motifs is 1. The second-order valence-corrected chi connectivity index (χ2v) is 3.58. The van der Waals surface area contributed by atoms with Gasteiger partial charge in [0.25, 0.3) is 0 Å². The van der Waals surface area contributed by atoms with E-state index in [1.165, 1.54) is 4.68 Å². The standard InChI is InChI=1S/C12H10N4O2/c1-2-10(8(7-13)12(17)18)16-11-6-4-3-5-9(11)14-15-16/h3-6H,2H2,1H3,(H,17,18). The van der Waals surface area contributed by atoms with Crippen LogP contribution in [-0.4, -0.2) is 26.1 Å². The number of aromatic nitrogens is 3. The van der Waals surface area contributed by atoms with Crippen LogP contribution in [0.2, 0.25) is 0 Å². The smallest absolute Gasteiger partial charge is 0.348 e. The lowest BCUT2D eigenvalue weighted by atomic mass is 10.2. The molecule has 90 valence electrons. The second kappa shape index (κ2) is 4.67. The first kappa shape index (κ1) is 11.8. The summed E-state index contributed by atoms with van der Waals surface area (Å²) in [7, 11) is 0. The number of nitriles is 1. The predicted octanol–water partition coefficient (Wildman–Crippen LogP) is 1.66. The van der Waals surface area contributed by atoms with Crippen molar-refractivity contribution >= 4 is 22.7 Å². The van der Waals surface area contributed by atoms with Gasteiger partial charge in [0.1, 0.15) is 11.6 Å². The molecule has 18 heavy (non-hydrogen) atoms. The van der Waals surface area contributed by atoms with Crippen molar-refractivity contribution in [3.8, 4) is 6.07 Å². The number of aliphatic carboxylic acids is 1. The molecule has 0 aliphatic heterocycles. The van der Waals surface area contributed by atoms with Gasteiger partial charge in [0, 0.05) is 0 Å². The van der Waals surface area contributed by atoms with Crippen molar-refractivity contribution in [3.05, 3.63) is 29.8 Å². The fourth-order valence-electron chi connectivity index (χ4n) is 1.74. The summed E-state index contributed by atoms with van der Waals surface area (Å²) < 4.78 is 1.40. The lowest BCUT2D eigenvalue weighted by Crippen LogP contribution is -2.08. The van der Waals surface area contributed by atoms with Crippen LogP contribution in [0.4, 0.5) is 0 Å². The maximum Gasteiger partial charge on any atom is 0.348 e. The summed E-state index contributed by atoms with van der Waals surface area (Å²) in [5.41, 5.74) is 1.36. The average Bonchev–Trinajstić information content (AvgIpc) is 2.79. The molecule has 6 heteroatoms. The Morgan fingerprint density at radius 1 is 1.50 bits per heavy atom. The van der Waals surface area contributed by atoms with Crippen LogP contribution >= 0.6 is 0 Å². The predicted molar refractivity (Wildman–Crippen MR) is 64.3 cm³/mol. The number of para-hydroxylation sites is 1. The number of carboxylic acid groups (broad SMARTS) is 1. The van der Waals surface area contributed by atoms with E-state index in [0.29, 0.717) is 23.2 Å². The molecule has 0 unspecified atom stereocenters. The molecule has 1 N–H and O–H groups in total. The fourth-order valence-corrected chi connectivity index (χ4v) is 1.74. The van der Waals surface area contributed by atoms with Crippen molar-refractivity contribution in [1.29, 1.82) is 5.26 Å². The third-order valence-electron chi connectivity index (χ3n) is 2.56. The Labute approximate surface area is 103 Å². The molecule has 1 aromatic heterocycles. The van der Waals surface area contributed by atoms with Crippen molar-refractivity contribution in [2.45, 2.75) is 13.3 Å². The first-order valence-corrected chi connectivity index (χ1v) is 5.36. The van der Waals surface area contributed by atoms with Crippen LogP contribution in [0.15, 0.2) is 29.8 Å². The Balaban J connectivity index is 2.73. The maximum atomic E-state index is 11.0. The van der Waals surface area contributed by atoms with Gasteiger partial charge in [-0.1, -0.05) is 24.3 Å². The third-order valence-corrected chi connectivity index (χ3v) is 2.56. The van der Waals surface area contributed by atoms with E-state index in [1.54, 1.807) is 25.1 Å². The molecule has 0 atom stereocenters. The number of rotatable bonds is 3. The molecule has 0 bridgehead atoms. The van der Waals surface area contributed by atoms with Gasteiger partial charge >= 0.3 is 5.97 Å².